The molecule has 1 aromatic carbocycles. The zero-order valence-corrected chi connectivity index (χ0v) is 14.4. The Morgan fingerprint density at radius 2 is 1.72 bits per heavy atom. The molecule has 8 N–H and O–H groups in total. The summed E-state index contributed by atoms with van der Waals surface area (Å²) >= 11 is 0. The van der Waals surface area contributed by atoms with E-state index in [2.05, 4.69) is 14.3 Å². The van der Waals surface area contributed by atoms with Crippen molar-refractivity contribution in [2.45, 2.75) is 37.4 Å². The smallest absolute Gasteiger partial charge is 0.430 e. The Labute approximate surface area is 159 Å². The van der Waals surface area contributed by atoms with E-state index in [4.69, 9.17) is 5.90 Å². The van der Waals surface area contributed by atoms with Gasteiger partial charge in [0, 0.05) is 11.1 Å². The molecule has 1 aliphatic rings. The predicted molar refractivity (Wildman–Crippen MR) is 82.4 cm³/mol. The van der Waals surface area contributed by atoms with Gasteiger partial charge in [0.15, 0.2) is 0 Å². The summed E-state index contributed by atoms with van der Waals surface area (Å²) in [5.41, 5.74) is -3.78. The van der Waals surface area contributed by atoms with Crippen LogP contribution in [0.1, 0.15) is 23.6 Å². The number of hydrogen-bond donors (Lipinski definition) is 7. The van der Waals surface area contributed by atoms with Crippen molar-refractivity contribution in [1.29, 1.82) is 0 Å². The fraction of sp³-hybridized carbons (Fsp3) is 0.400. The highest BCUT2D eigenvalue weighted by atomic mass is 19.4. The minimum atomic E-state index is -5.21. The molecule has 14 heteroatoms. The molecule has 0 aromatic heterocycles. The molecular formula is C15H16F3NO10. The van der Waals surface area contributed by atoms with Gasteiger partial charge < -0.3 is 40.1 Å². The van der Waals surface area contributed by atoms with Crippen molar-refractivity contribution in [1.82, 2.24) is 0 Å². The Morgan fingerprint density at radius 1 is 1.14 bits per heavy atom. The molecule has 0 aliphatic carbocycles. The van der Waals surface area contributed by atoms with Gasteiger partial charge in [-0.3, -0.25) is 4.84 Å². The first kappa shape index (κ1) is 23.0. The average molecular weight is 427 g/mol. The number of halogens is 3. The molecule has 0 amide bonds. The summed E-state index contributed by atoms with van der Waals surface area (Å²) < 4.78 is 49.5. The van der Waals surface area contributed by atoms with Crippen LogP contribution in [0.5, 0.6) is 5.75 Å². The van der Waals surface area contributed by atoms with Crippen molar-refractivity contribution in [2.24, 2.45) is 5.90 Å². The van der Waals surface area contributed by atoms with Crippen LogP contribution in [-0.2, 0) is 26.3 Å². The van der Waals surface area contributed by atoms with Gasteiger partial charge in [-0.2, -0.15) is 13.2 Å². The minimum absolute atomic E-state index is 0.369. The zero-order valence-electron chi connectivity index (χ0n) is 14.4. The van der Waals surface area contributed by atoms with Gasteiger partial charge in [-0.05, 0) is 25.1 Å². The van der Waals surface area contributed by atoms with Gasteiger partial charge in [0.05, 0.1) is 11.1 Å². The zero-order chi connectivity index (χ0) is 22.4. The second-order valence-electron chi connectivity index (χ2n) is 5.96. The highest BCUT2D eigenvalue weighted by Crippen LogP contribution is 2.43. The van der Waals surface area contributed by atoms with E-state index in [1.165, 1.54) is 0 Å². The van der Waals surface area contributed by atoms with Crippen LogP contribution in [0.15, 0.2) is 17.7 Å². The summed E-state index contributed by atoms with van der Waals surface area (Å²) in [6.45, 7) is 1.10. The van der Waals surface area contributed by atoms with Gasteiger partial charge in [0.1, 0.15) is 5.75 Å². The number of nitrogens with two attached hydrogens (primary N) is 1. The SMILES string of the molecule is CC(ON)OC(=O)C1=Cc2cc(C(O)(O)O)cc(C(O)(O)O)c2OC1C(F)(F)F. The quantitative estimate of drug-likeness (QED) is 0.162. The van der Waals surface area contributed by atoms with Gasteiger partial charge in [-0.25, -0.2) is 10.7 Å². The predicted octanol–water partition coefficient (Wildman–Crippen LogP) is -1.65. The van der Waals surface area contributed by atoms with Gasteiger partial charge in [0.2, 0.25) is 12.4 Å². The van der Waals surface area contributed by atoms with Gasteiger partial charge >= 0.3 is 24.1 Å². The number of ether oxygens (including phenoxy) is 2. The molecule has 11 nitrogen and oxygen atoms in total. The van der Waals surface area contributed by atoms with Crippen LogP contribution >= 0.6 is 0 Å². The van der Waals surface area contributed by atoms with Crippen molar-refractivity contribution in [2.75, 3.05) is 0 Å². The molecule has 0 spiro atoms. The number of carbonyl (C=O) groups excluding carboxylic acids is 1. The third-order valence-corrected chi connectivity index (χ3v) is 3.69. The minimum Gasteiger partial charge on any atom is -0.475 e. The van der Waals surface area contributed by atoms with E-state index in [0.717, 1.165) is 6.92 Å². The van der Waals surface area contributed by atoms with Gasteiger partial charge in [-0.1, -0.05) is 0 Å². The molecule has 0 saturated heterocycles. The highest BCUT2D eigenvalue weighted by Gasteiger charge is 2.50. The lowest BCUT2D eigenvalue weighted by Crippen LogP contribution is -2.42. The van der Waals surface area contributed by atoms with Crippen molar-refractivity contribution in [3.8, 4) is 5.75 Å². The average Bonchev–Trinajstić information content (AvgIpc) is 2.56. The van der Waals surface area contributed by atoms with E-state index in [-0.39, 0.29) is 0 Å². The number of rotatable bonds is 5. The molecule has 2 atom stereocenters. The normalized spacial score (nSPS) is 18.4. The molecule has 0 saturated carbocycles. The molecule has 162 valence electrons. The monoisotopic (exact) mass is 427 g/mol. The van der Waals surface area contributed by atoms with Crippen LogP contribution in [0, 0.1) is 0 Å². The van der Waals surface area contributed by atoms with Crippen LogP contribution in [0.4, 0.5) is 13.2 Å². The molecular weight excluding hydrogens is 411 g/mol. The number of hydrogen-bond acceptors (Lipinski definition) is 11. The number of alkyl halides is 3. The Balaban J connectivity index is 2.72. The number of carbonyl (C=O) groups is 1. The number of fused-ring (bicyclic) bond motifs is 1. The molecule has 0 radical (unpaired) electrons. The first-order valence-corrected chi connectivity index (χ1v) is 7.60. The van der Waals surface area contributed by atoms with Crippen molar-refractivity contribution in [3.63, 3.8) is 0 Å². The summed E-state index contributed by atoms with van der Waals surface area (Å²) in [6, 6.07) is 1.03. The van der Waals surface area contributed by atoms with Crippen molar-refractivity contribution < 1.29 is 62.9 Å². The maximum Gasteiger partial charge on any atom is 0.430 e. The molecule has 1 aliphatic heterocycles. The van der Waals surface area contributed by atoms with Crippen molar-refractivity contribution >= 4 is 12.0 Å². The lowest BCUT2D eigenvalue weighted by Gasteiger charge is -2.31. The maximum absolute atomic E-state index is 13.4. The Kier molecular flexibility index (Phi) is 5.95. The van der Waals surface area contributed by atoms with E-state index in [1.807, 2.05) is 0 Å². The third-order valence-electron chi connectivity index (χ3n) is 3.69. The maximum atomic E-state index is 13.4. The van der Waals surface area contributed by atoms with Crippen LogP contribution in [0.25, 0.3) is 6.08 Å². The first-order chi connectivity index (χ1) is 13.1. The largest absolute Gasteiger partial charge is 0.475 e. The summed E-state index contributed by atoms with van der Waals surface area (Å²) in [6.07, 6.45) is -9.10. The Hall–Kier alpha value is -2.30. The van der Waals surface area contributed by atoms with E-state index < -0.39 is 64.5 Å². The van der Waals surface area contributed by atoms with Gasteiger partial charge in [-0.15, -0.1) is 0 Å². The third kappa shape index (κ3) is 5.01. The van der Waals surface area contributed by atoms with E-state index in [9.17, 15) is 48.6 Å². The Bertz CT molecular complexity index is 825. The Morgan fingerprint density at radius 3 is 2.17 bits per heavy atom. The standard InChI is InChI=1S/C15H16F3NO10/c1-5(29-19)27-12(20)8-3-6-2-7(14(21,22)23)4-9(15(24,25)26)10(6)28-11(8)13(16,17)18/h2-5,11,21-26H,19H2,1H3. The molecule has 0 fully saturated rings. The summed E-state index contributed by atoms with van der Waals surface area (Å²) in [4.78, 5) is 16.2. The first-order valence-electron chi connectivity index (χ1n) is 7.60. The summed E-state index contributed by atoms with van der Waals surface area (Å²) in [5, 5.41) is 56.1. The molecule has 1 aromatic rings. The molecule has 0 bridgehead atoms. The van der Waals surface area contributed by atoms with Crippen LogP contribution in [-0.4, -0.2) is 55.2 Å². The highest BCUT2D eigenvalue weighted by molar-refractivity contribution is 5.96. The number of aliphatic hydroxyl groups is 6. The van der Waals surface area contributed by atoms with Gasteiger partial charge in [0.25, 0.3) is 0 Å². The summed E-state index contributed by atoms with van der Waals surface area (Å²) in [5.74, 6) is -5.18. The fourth-order valence-electron chi connectivity index (χ4n) is 2.41. The molecule has 2 rings (SSSR count). The van der Waals surface area contributed by atoms with Crippen LogP contribution in [0.2, 0.25) is 0 Å². The summed E-state index contributed by atoms with van der Waals surface area (Å²) in [7, 11) is 0. The number of esters is 1. The van der Waals surface area contributed by atoms with Crippen LogP contribution < -0.4 is 10.6 Å². The second-order valence-corrected chi connectivity index (χ2v) is 5.96. The van der Waals surface area contributed by atoms with E-state index in [0.29, 0.717) is 18.2 Å². The molecule has 1 heterocycles. The second kappa shape index (κ2) is 7.51. The lowest BCUT2D eigenvalue weighted by molar-refractivity contribution is -0.328. The lowest BCUT2D eigenvalue weighted by atomic mass is 9.95. The topological polar surface area (TPSA) is 192 Å². The number of benzene rings is 1. The van der Waals surface area contributed by atoms with Crippen molar-refractivity contribution in [3.05, 3.63) is 34.4 Å². The fourth-order valence-corrected chi connectivity index (χ4v) is 2.41. The molecule has 29 heavy (non-hydrogen) atoms. The van der Waals surface area contributed by atoms with Crippen LogP contribution in [0.3, 0.4) is 0 Å². The van der Waals surface area contributed by atoms with E-state index in [1.54, 1.807) is 0 Å². The van der Waals surface area contributed by atoms with E-state index >= 15 is 0 Å². The molecule has 2 unspecified atom stereocenters.